The fraction of sp³-hybridized carbons (Fsp3) is 0.471. The Morgan fingerprint density at radius 1 is 1.42 bits per heavy atom. The van der Waals surface area contributed by atoms with Gasteiger partial charge < -0.3 is 10.2 Å². The highest BCUT2D eigenvalue weighted by molar-refractivity contribution is 5.76. The van der Waals surface area contributed by atoms with Crippen LogP contribution in [0.15, 0.2) is 36.9 Å². The smallest absolute Gasteiger partial charge is 0.312 e. The summed E-state index contributed by atoms with van der Waals surface area (Å²) in [4.78, 5) is 15.7. The Morgan fingerprint density at radius 2 is 2.12 bits per heavy atom. The topological polar surface area (TPSA) is 88.2 Å². The average Bonchev–Trinajstić information content (AvgIpc) is 3.12. The zero-order chi connectivity index (χ0) is 17.4. The van der Waals surface area contributed by atoms with Crippen molar-refractivity contribution < 1.29 is 19.4 Å². The Balaban J connectivity index is 1.92. The van der Waals surface area contributed by atoms with Crippen molar-refractivity contribution >= 4 is 5.97 Å². The first kappa shape index (κ1) is 16.6. The molecule has 3 rings (SSSR count). The van der Waals surface area contributed by atoms with Crippen LogP contribution >= 0.6 is 0 Å². The highest BCUT2D eigenvalue weighted by Crippen LogP contribution is 2.52. The minimum atomic E-state index is -1.47. The van der Waals surface area contributed by atoms with E-state index < -0.39 is 17.0 Å². The van der Waals surface area contributed by atoms with Gasteiger partial charge in [0, 0.05) is 0 Å². The van der Waals surface area contributed by atoms with Gasteiger partial charge in [0.25, 0.3) is 0 Å². The van der Waals surface area contributed by atoms with Crippen LogP contribution in [-0.4, -0.2) is 36.5 Å². The monoisotopic (exact) mass is 333 g/mol. The number of hydrogen-bond donors (Lipinski definition) is 2. The van der Waals surface area contributed by atoms with Crippen LogP contribution in [0.1, 0.15) is 25.3 Å². The number of carboxylic acids is 1. The van der Waals surface area contributed by atoms with Gasteiger partial charge in [0.1, 0.15) is 24.1 Å². The molecule has 0 aliphatic heterocycles. The van der Waals surface area contributed by atoms with E-state index in [0.717, 1.165) is 5.56 Å². The highest BCUT2D eigenvalue weighted by Gasteiger charge is 2.61. The maximum absolute atomic E-state index is 13.1. The Kier molecular flexibility index (Phi) is 4.13. The molecule has 1 aromatic carbocycles. The van der Waals surface area contributed by atoms with Crippen LogP contribution in [0.2, 0.25) is 0 Å². The van der Waals surface area contributed by atoms with E-state index in [1.54, 1.807) is 19.1 Å². The molecule has 1 heterocycles. The van der Waals surface area contributed by atoms with E-state index in [-0.39, 0.29) is 18.3 Å². The Hall–Kier alpha value is -2.28. The summed E-state index contributed by atoms with van der Waals surface area (Å²) < 4.78 is 14.6. The lowest BCUT2D eigenvalue weighted by atomic mass is 9.71. The normalized spacial score (nSPS) is 29.7. The van der Waals surface area contributed by atoms with Gasteiger partial charge in [-0.2, -0.15) is 5.10 Å². The second kappa shape index (κ2) is 5.98. The molecule has 0 unspecified atom stereocenters. The van der Waals surface area contributed by atoms with Crippen molar-refractivity contribution in [3.8, 4) is 0 Å². The van der Waals surface area contributed by atoms with Gasteiger partial charge in [-0.1, -0.05) is 12.1 Å². The van der Waals surface area contributed by atoms with Crippen molar-refractivity contribution in [2.75, 3.05) is 0 Å². The summed E-state index contributed by atoms with van der Waals surface area (Å²) in [7, 11) is 0. The van der Waals surface area contributed by atoms with Gasteiger partial charge in [-0.05, 0) is 49.8 Å². The zero-order valence-electron chi connectivity index (χ0n) is 13.4. The summed E-state index contributed by atoms with van der Waals surface area (Å²) in [6, 6.07) is 6.08. The predicted molar refractivity (Wildman–Crippen MR) is 83.5 cm³/mol. The molecule has 24 heavy (non-hydrogen) atoms. The molecular weight excluding hydrogens is 313 g/mol. The second-order valence-corrected chi connectivity index (χ2v) is 6.72. The number of carboxylic acid groups (broad SMARTS) is 1. The Labute approximate surface area is 139 Å². The SMILES string of the molecule is C[C@]1(C(=O)O)CC[C@@H](Cc2ccc(F)cc2)[C@@]1(O)Cn1cncn1. The molecule has 0 saturated heterocycles. The molecular formula is C17H20FN3O3. The second-order valence-electron chi connectivity index (χ2n) is 6.72. The van der Waals surface area contributed by atoms with E-state index >= 15 is 0 Å². The molecule has 1 aliphatic rings. The number of nitrogens with zero attached hydrogens (tertiary/aromatic N) is 3. The number of halogens is 1. The quantitative estimate of drug-likeness (QED) is 0.872. The summed E-state index contributed by atoms with van der Waals surface area (Å²) in [5, 5.41) is 25.1. The van der Waals surface area contributed by atoms with Gasteiger partial charge in [-0.25, -0.2) is 9.37 Å². The van der Waals surface area contributed by atoms with Gasteiger partial charge in [0.15, 0.2) is 0 Å². The number of aliphatic hydroxyl groups is 1. The highest BCUT2D eigenvalue weighted by atomic mass is 19.1. The molecule has 2 N–H and O–H groups in total. The van der Waals surface area contributed by atoms with E-state index in [0.29, 0.717) is 19.3 Å². The van der Waals surface area contributed by atoms with Crippen molar-refractivity contribution in [3.05, 3.63) is 48.3 Å². The fourth-order valence-corrected chi connectivity index (χ4v) is 3.70. The number of hydrogen-bond acceptors (Lipinski definition) is 4. The van der Waals surface area contributed by atoms with E-state index in [1.807, 2.05) is 0 Å². The van der Waals surface area contributed by atoms with Crippen LogP contribution in [0.5, 0.6) is 0 Å². The summed E-state index contributed by atoms with van der Waals surface area (Å²) in [6.45, 7) is 1.64. The first-order valence-electron chi connectivity index (χ1n) is 7.88. The number of aromatic nitrogens is 3. The van der Waals surface area contributed by atoms with Gasteiger partial charge >= 0.3 is 5.97 Å². The van der Waals surface area contributed by atoms with Crippen molar-refractivity contribution in [3.63, 3.8) is 0 Å². The molecule has 1 fully saturated rings. The van der Waals surface area contributed by atoms with Crippen LogP contribution in [-0.2, 0) is 17.8 Å². The summed E-state index contributed by atoms with van der Waals surface area (Å²) in [6.07, 6.45) is 4.25. The third kappa shape index (κ3) is 2.69. The number of aliphatic carboxylic acids is 1. The molecule has 1 aliphatic carbocycles. The molecule has 7 heteroatoms. The van der Waals surface area contributed by atoms with Crippen LogP contribution in [0, 0.1) is 17.2 Å². The van der Waals surface area contributed by atoms with E-state index in [9.17, 15) is 19.4 Å². The standard InChI is InChI=1S/C17H20FN3O3/c1-16(15(22)23)7-6-13(8-12-2-4-14(18)5-3-12)17(16,24)9-21-11-19-10-20-21/h2-5,10-11,13,24H,6-9H2,1H3,(H,22,23)/t13-,16+,17-/m0/s1. The summed E-state index contributed by atoms with van der Waals surface area (Å²) in [5.74, 6) is -1.61. The Morgan fingerprint density at radius 3 is 2.71 bits per heavy atom. The van der Waals surface area contributed by atoms with E-state index in [2.05, 4.69) is 10.1 Å². The summed E-state index contributed by atoms with van der Waals surface area (Å²) in [5.41, 5.74) is -1.88. The average molecular weight is 333 g/mol. The van der Waals surface area contributed by atoms with Crippen molar-refractivity contribution in [1.82, 2.24) is 14.8 Å². The molecule has 0 radical (unpaired) electrons. The van der Waals surface area contributed by atoms with Gasteiger partial charge in [-0.3, -0.25) is 9.48 Å². The molecule has 1 aromatic heterocycles. The number of benzene rings is 1. The van der Waals surface area contributed by atoms with Crippen LogP contribution in [0.3, 0.4) is 0 Å². The molecule has 128 valence electrons. The number of carbonyl (C=O) groups is 1. The van der Waals surface area contributed by atoms with Crippen molar-refractivity contribution in [2.24, 2.45) is 11.3 Å². The zero-order valence-corrected chi connectivity index (χ0v) is 13.4. The lowest BCUT2D eigenvalue weighted by molar-refractivity contribution is -0.169. The van der Waals surface area contributed by atoms with Crippen LogP contribution in [0.25, 0.3) is 0 Å². The van der Waals surface area contributed by atoms with Crippen molar-refractivity contribution in [2.45, 2.75) is 38.3 Å². The first-order chi connectivity index (χ1) is 11.3. The first-order valence-corrected chi connectivity index (χ1v) is 7.88. The van der Waals surface area contributed by atoms with Gasteiger partial charge in [0.05, 0.1) is 12.0 Å². The van der Waals surface area contributed by atoms with Crippen LogP contribution in [0.4, 0.5) is 4.39 Å². The van der Waals surface area contributed by atoms with E-state index in [4.69, 9.17) is 0 Å². The van der Waals surface area contributed by atoms with Gasteiger partial charge in [0.2, 0.25) is 0 Å². The maximum atomic E-state index is 13.1. The Bertz CT molecular complexity index is 719. The molecule has 2 aromatic rings. The predicted octanol–water partition coefficient (Wildman–Crippen LogP) is 1.89. The molecule has 0 spiro atoms. The molecule has 0 amide bonds. The largest absolute Gasteiger partial charge is 0.481 e. The van der Waals surface area contributed by atoms with Gasteiger partial charge in [-0.15, -0.1) is 0 Å². The third-order valence-corrected chi connectivity index (χ3v) is 5.36. The number of rotatable bonds is 5. The molecule has 0 bridgehead atoms. The minimum Gasteiger partial charge on any atom is -0.481 e. The van der Waals surface area contributed by atoms with Crippen molar-refractivity contribution in [1.29, 1.82) is 0 Å². The lowest BCUT2D eigenvalue weighted by Gasteiger charge is -2.40. The molecule has 6 nitrogen and oxygen atoms in total. The molecule has 3 atom stereocenters. The van der Waals surface area contributed by atoms with Crippen LogP contribution < -0.4 is 0 Å². The minimum absolute atomic E-state index is 0.0572. The molecule has 1 saturated carbocycles. The fourth-order valence-electron chi connectivity index (χ4n) is 3.70. The third-order valence-electron chi connectivity index (χ3n) is 5.36. The summed E-state index contributed by atoms with van der Waals surface area (Å²) >= 11 is 0. The lowest BCUT2D eigenvalue weighted by Crippen LogP contribution is -2.54. The maximum Gasteiger partial charge on any atom is 0.312 e. The van der Waals surface area contributed by atoms with E-state index in [1.165, 1.54) is 29.5 Å².